The van der Waals surface area contributed by atoms with Crippen LogP contribution >= 0.6 is 0 Å². The lowest BCUT2D eigenvalue weighted by Crippen LogP contribution is -2.31. The van der Waals surface area contributed by atoms with Gasteiger partial charge in [-0.3, -0.25) is 0 Å². The molecule has 0 aromatic heterocycles. The van der Waals surface area contributed by atoms with Crippen LogP contribution in [0.2, 0.25) is 0 Å². The Morgan fingerprint density at radius 1 is 0.952 bits per heavy atom. The maximum absolute atomic E-state index is 6.35. The van der Waals surface area contributed by atoms with E-state index in [4.69, 9.17) is 10.5 Å². The van der Waals surface area contributed by atoms with Crippen molar-refractivity contribution in [2.75, 3.05) is 6.61 Å². The molecule has 1 aliphatic rings. The van der Waals surface area contributed by atoms with E-state index in [0.717, 1.165) is 19.4 Å². The van der Waals surface area contributed by atoms with Gasteiger partial charge in [0, 0.05) is 6.61 Å². The van der Waals surface area contributed by atoms with Crippen molar-refractivity contribution in [1.29, 1.82) is 0 Å². The van der Waals surface area contributed by atoms with Gasteiger partial charge < -0.3 is 10.5 Å². The first kappa shape index (κ1) is 14.3. The Bertz CT molecular complexity index is 544. The Morgan fingerprint density at radius 2 is 1.67 bits per heavy atom. The van der Waals surface area contributed by atoms with E-state index in [1.807, 2.05) is 0 Å². The van der Waals surface area contributed by atoms with Crippen molar-refractivity contribution in [3.8, 4) is 0 Å². The van der Waals surface area contributed by atoms with Crippen LogP contribution in [0, 0.1) is 0 Å². The predicted molar refractivity (Wildman–Crippen MR) is 86.2 cm³/mol. The lowest BCUT2D eigenvalue weighted by atomic mass is 9.95. The Balaban J connectivity index is 1.66. The molecule has 110 valence electrons. The standard InChI is InChI=1S/C19H23NO/c20-19(18-8-4-5-13-21-18)17-11-9-16(10-12-17)14-15-6-2-1-3-7-15/h1-3,6-7,9-12,18-19H,4-5,8,13-14,20H2. The fourth-order valence-corrected chi connectivity index (χ4v) is 2.95. The highest BCUT2D eigenvalue weighted by Crippen LogP contribution is 2.25. The average molecular weight is 281 g/mol. The van der Waals surface area contributed by atoms with Crippen molar-refractivity contribution in [3.05, 3.63) is 71.3 Å². The second-order valence-corrected chi connectivity index (χ2v) is 5.83. The fraction of sp³-hybridized carbons (Fsp3) is 0.368. The van der Waals surface area contributed by atoms with Crippen molar-refractivity contribution < 1.29 is 4.74 Å². The summed E-state index contributed by atoms with van der Waals surface area (Å²) < 4.78 is 5.80. The van der Waals surface area contributed by atoms with Crippen LogP contribution in [0.3, 0.4) is 0 Å². The molecule has 0 aliphatic carbocycles. The molecule has 2 atom stereocenters. The smallest absolute Gasteiger partial charge is 0.0767 e. The SMILES string of the molecule is NC(c1ccc(Cc2ccccc2)cc1)C1CCCCO1. The molecule has 1 aliphatic heterocycles. The van der Waals surface area contributed by atoms with E-state index in [-0.39, 0.29) is 12.1 Å². The maximum Gasteiger partial charge on any atom is 0.0767 e. The number of hydrogen-bond acceptors (Lipinski definition) is 2. The summed E-state index contributed by atoms with van der Waals surface area (Å²) in [5.41, 5.74) is 10.2. The summed E-state index contributed by atoms with van der Waals surface area (Å²) in [6.07, 6.45) is 4.62. The van der Waals surface area contributed by atoms with Crippen molar-refractivity contribution in [2.24, 2.45) is 5.73 Å². The Morgan fingerprint density at radius 3 is 2.33 bits per heavy atom. The summed E-state index contributed by atoms with van der Waals surface area (Å²) in [7, 11) is 0. The molecule has 1 saturated heterocycles. The van der Waals surface area contributed by atoms with Crippen LogP contribution in [0.1, 0.15) is 42.0 Å². The highest BCUT2D eigenvalue weighted by molar-refractivity contribution is 5.30. The molecule has 2 aromatic rings. The van der Waals surface area contributed by atoms with Gasteiger partial charge in [0.1, 0.15) is 0 Å². The number of rotatable bonds is 4. The van der Waals surface area contributed by atoms with E-state index in [2.05, 4.69) is 54.6 Å². The second-order valence-electron chi connectivity index (χ2n) is 5.83. The van der Waals surface area contributed by atoms with Gasteiger partial charge in [-0.1, -0.05) is 54.6 Å². The van der Waals surface area contributed by atoms with Crippen LogP contribution in [0.15, 0.2) is 54.6 Å². The van der Waals surface area contributed by atoms with E-state index in [9.17, 15) is 0 Å². The molecule has 0 amide bonds. The second kappa shape index (κ2) is 6.88. The Kier molecular flexibility index (Phi) is 4.69. The molecule has 2 unspecified atom stereocenters. The van der Waals surface area contributed by atoms with Gasteiger partial charge in [0.2, 0.25) is 0 Å². The minimum atomic E-state index is -0.00363. The molecular weight excluding hydrogens is 258 g/mol. The fourth-order valence-electron chi connectivity index (χ4n) is 2.95. The van der Waals surface area contributed by atoms with Gasteiger partial charge in [-0.05, 0) is 42.4 Å². The minimum Gasteiger partial charge on any atom is -0.376 e. The van der Waals surface area contributed by atoms with Crippen molar-refractivity contribution in [2.45, 2.75) is 37.8 Å². The quantitative estimate of drug-likeness (QED) is 0.924. The van der Waals surface area contributed by atoms with Crippen LogP contribution in [0.4, 0.5) is 0 Å². The van der Waals surface area contributed by atoms with E-state index < -0.39 is 0 Å². The highest BCUT2D eigenvalue weighted by Gasteiger charge is 2.22. The largest absolute Gasteiger partial charge is 0.376 e. The van der Waals surface area contributed by atoms with Gasteiger partial charge in [0.05, 0.1) is 12.1 Å². The first-order valence-electron chi connectivity index (χ1n) is 7.83. The van der Waals surface area contributed by atoms with Gasteiger partial charge in [0.25, 0.3) is 0 Å². The van der Waals surface area contributed by atoms with Crippen LogP contribution in [-0.4, -0.2) is 12.7 Å². The molecule has 0 saturated carbocycles. The normalized spacial score (nSPS) is 20.1. The zero-order valence-electron chi connectivity index (χ0n) is 12.4. The van der Waals surface area contributed by atoms with Crippen LogP contribution < -0.4 is 5.73 Å². The average Bonchev–Trinajstić information content (AvgIpc) is 2.57. The summed E-state index contributed by atoms with van der Waals surface area (Å²) in [5, 5.41) is 0. The number of benzene rings is 2. The van der Waals surface area contributed by atoms with Gasteiger partial charge >= 0.3 is 0 Å². The third-order valence-corrected chi connectivity index (χ3v) is 4.23. The molecule has 21 heavy (non-hydrogen) atoms. The molecule has 2 N–H and O–H groups in total. The topological polar surface area (TPSA) is 35.2 Å². The molecule has 1 heterocycles. The molecule has 2 aromatic carbocycles. The van der Waals surface area contributed by atoms with E-state index in [1.54, 1.807) is 0 Å². The van der Waals surface area contributed by atoms with Crippen molar-refractivity contribution in [3.63, 3.8) is 0 Å². The van der Waals surface area contributed by atoms with Crippen LogP contribution in [0.25, 0.3) is 0 Å². The number of hydrogen-bond donors (Lipinski definition) is 1. The first-order chi connectivity index (χ1) is 10.3. The summed E-state index contributed by atoms with van der Waals surface area (Å²) in [4.78, 5) is 0. The summed E-state index contributed by atoms with van der Waals surface area (Å²) in [6, 6.07) is 19.2. The lowest BCUT2D eigenvalue weighted by Gasteiger charge is -2.28. The van der Waals surface area contributed by atoms with Crippen LogP contribution in [-0.2, 0) is 11.2 Å². The van der Waals surface area contributed by atoms with E-state index in [0.29, 0.717) is 0 Å². The molecule has 0 radical (unpaired) electrons. The van der Waals surface area contributed by atoms with Crippen molar-refractivity contribution in [1.82, 2.24) is 0 Å². The number of ether oxygens (including phenoxy) is 1. The Hall–Kier alpha value is -1.64. The van der Waals surface area contributed by atoms with Crippen LogP contribution in [0.5, 0.6) is 0 Å². The molecule has 2 heteroatoms. The third kappa shape index (κ3) is 3.72. The third-order valence-electron chi connectivity index (χ3n) is 4.23. The van der Waals surface area contributed by atoms with Gasteiger partial charge in [0.15, 0.2) is 0 Å². The molecule has 3 rings (SSSR count). The number of nitrogens with two attached hydrogens (primary N) is 1. The lowest BCUT2D eigenvalue weighted by molar-refractivity contribution is 0.0000110. The molecule has 0 spiro atoms. The summed E-state index contributed by atoms with van der Waals surface area (Å²) >= 11 is 0. The van der Waals surface area contributed by atoms with E-state index >= 15 is 0 Å². The van der Waals surface area contributed by atoms with Crippen molar-refractivity contribution >= 4 is 0 Å². The van der Waals surface area contributed by atoms with Gasteiger partial charge in [-0.25, -0.2) is 0 Å². The van der Waals surface area contributed by atoms with Gasteiger partial charge in [-0.15, -0.1) is 0 Å². The Labute approximate surface area is 126 Å². The highest BCUT2D eigenvalue weighted by atomic mass is 16.5. The predicted octanol–water partition coefficient (Wildman–Crippen LogP) is 3.85. The van der Waals surface area contributed by atoms with E-state index in [1.165, 1.54) is 29.5 Å². The maximum atomic E-state index is 6.35. The van der Waals surface area contributed by atoms with Gasteiger partial charge in [-0.2, -0.15) is 0 Å². The molecule has 0 bridgehead atoms. The monoisotopic (exact) mass is 281 g/mol. The zero-order chi connectivity index (χ0) is 14.5. The minimum absolute atomic E-state index is 0.00363. The first-order valence-corrected chi connectivity index (χ1v) is 7.83. The molecular formula is C19H23NO. The summed E-state index contributed by atoms with van der Waals surface area (Å²) in [5.74, 6) is 0. The molecule has 2 nitrogen and oxygen atoms in total. The zero-order valence-corrected chi connectivity index (χ0v) is 12.4. The molecule has 1 fully saturated rings. The summed E-state index contributed by atoms with van der Waals surface area (Å²) in [6.45, 7) is 0.852.